The highest BCUT2D eigenvalue weighted by molar-refractivity contribution is 5.84. The van der Waals surface area contributed by atoms with Gasteiger partial charge in [-0.3, -0.25) is 4.79 Å². The molecule has 0 radical (unpaired) electrons. The van der Waals surface area contributed by atoms with E-state index in [0.717, 1.165) is 18.5 Å². The quantitative estimate of drug-likeness (QED) is 0.811. The van der Waals surface area contributed by atoms with Crippen LogP contribution < -0.4 is 5.32 Å². The van der Waals surface area contributed by atoms with Crippen molar-refractivity contribution in [3.05, 3.63) is 35.9 Å². The predicted octanol–water partition coefficient (Wildman–Crippen LogP) is 1.80. The summed E-state index contributed by atoms with van der Waals surface area (Å²) < 4.78 is 0. The van der Waals surface area contributed by atoms with E-state index in [4.69, 9.17) is 0 Å². The first-order chi connectivity index (χ1) is 7.27. The summed E-state index contributed by atoms with van der Waals surface area (Å²) in [6.07, 6.45) is 1.57. The summed E-state index contributed by atoms with van der Waals surface area (Å²) in [6, 6.07) is 10.3. The minimum Gasteiger partial charge on any atom is -0.314 e. The zero-order valence-corrected chi connectivity index (χ0v) is 9.07. The van der Waals surface area contributed by atoms with Crippen LogP contribution in [0.4, 0.5) is 0 Å². The lowest BCUT2D eigenvalue weighted by Gasteiger charge is -2.13. The van der Waals surface area contributed by atoms with Gasteiger partial charge >= 0.3 is 0 Å². The lowest BCUT2D eigenvalue weighted by molar-refractivity contribution is -0.122. The van der Waals surface area contributed by atoms with Gasteiger partial charge in [0.15, 0.2) is 0 Å². The molecule has 15 heavy (non-hydrogen) atoms. The van der Waals surface area contributed by atoms with Gasteiger partial charge in [0.1, 0.15) is 5.78 Å². The molecule has 1 fully saturated rings. The fourth-order valence-electron chi connectivity index (χ4n) is 2.23. The lowest BCUT2D eigenvalue weighted by Crippen LogP contribution is -2.29. The van der Waals surface area contributed by atoms with Crippen LogP contribution in [0.15, 0.2) is 30.3 Å². The Balaban J connectivity index is 1.98. The maximum absolute atomic E-state index is 12.0. The number of carbonyl (C=O) groups excluding carboxylic acids is 1. The topological polar surface area (TPSA) is 29.1 Å². The highest BCUT2D eigenvalue weighted by Gasteiger charge is 2.28. The van der Waals surface area contributed by atoms with Gasteiger partial charge in [-0.1, -0.05) is 30.3 Å². The van der Waals surface area contributed by atoms with Crippen LogP contribution in [0.25, 0.3) is 0 Å². The van der Waals surface area contributed by atoms with Crippen LogP contribution in [0, 0.1) is 5.92 Å². The number of rotatable bonds is 3. The first-order valence-electron chi connectivity index (χ1n) is 5.57. The van der Waals surface area contributed by atoms with Crippen LogP contribution >= 0.6 is 0 Å². The summed E-state index contributed by atoms with van der Waals surface area (Å²) in [5, 5.41) is 3.32. The van der Waals surface area contributed by atoms with E-state index >= 15 is 0 Å². The summed E-state index contributed by atoms with van der Waals surface area (Å²) in [7, 11) is 0. The van der Waals surface area contributed by atoms with Gasteiger partial charge in [0.25, 0.3) is 0 Å². The fraction of sp³-hybridized carbons (Fsp3) is 0.462. The molecule has 2 atom stereocenters. The summed E-state index contributed by atoms with van der Waals surface area (Å²) in [4.78, 5) is 12.0. The Morgan fingerprint density at radius 2 is 2.13 bits per heavy atom. The summed E-state index contributed by atoms with van der Waals surface area (Å²) >= 11 is 0. The zero-order chi connectivity index (χ0) is 10.7. The molecule has 0 aromatic heterocycles. The Bertz CT molecular complexity index is 334. The molecule has 1 aromatic carbocycles. The number of carbonyl (C=O) groups is 1. The molecule has 1 aliphatic rings. The Morgan fingerprint density at radius 1 is 1.40 bits per heavy atom. The van der Waals surface area contributed by atoms with Crippen molar-refractivity contribution in [3.8, 4) is 0 Å². The normalized spacial score (nSPS) is 25.4. The second-order valence-corrected chi connectivity index (χ2v) is 4.27. The molecule has 1 N–H and O–H groups in total. The standard InChI is InChI=1S/C13H17NO/c1-10-12(7-8-14-10)13(15)9-11-5-3-2-4-6-11/h2-6,10,12,14H,7-9H2,1H3. The van der Waals surface area contributed by atoms with E-state index in [-0.39, 0.29) is 5.92 Å². The predicted molar refractivity (Wildman–Crippen MR) is 60.7 cm³/mol. The van der Waals surface area contributed by atoms with E-state index < -0.39 is 0 Å². The van der Waals surface area contributed by atoms with Crippen molar-refractivity contribution in [2.75, 3.05) is 6.54 Å². The first kappa shape index (κ1) is 10.4. The number of Topliss-reactive ketones (excluding diaryl/α,β-unsaturated/α-hetero) is 1. The molecule has 2 rings (SSSR count). The molecule has 2 unspecified atom stereocenters. The van der Waals surface area contributed by atoms with Crippen molar-refractivity contribution in [1.82, 2.24) is 5.32 Å². The molecular weight excluding hydrogens is 186 g/mol. The van der Waals surface area contributed by atoms with Gasteiger partial charge in [0.2, 0.25) is 0 Å². The molecule has 0 aliphatic carbocycles. The van der Waals surface area contributed by atoms with Gasteiger partial charge in [-0.15, -0.1) is 0 Å². The van der Waals surface area contributed by atoms with E-state index in [2.05, 4.69) is 12.2 Å². The minimum atomic E-state index is 0.213. The molecular formula is C13H17NO. The number of ketones is 1. The highest BCUT2D eigenvalue weighted by atomic mass is 16.1. The molecule has 80 valence electrons. The summed E-state index contributed by atoms with van der Waals surface area (Å²) in [6.45, 7) is 3.08. The van der Waals surface area contributed by atoms with E-state index in [0.29, 0.717) is 18.2 Å². The largest absolute Gasteiger partial charge is 0.314 e. The van der Waals surface area contributed by atoms with Gasteiger partial charge in [-0.05, 0) is 25.5 Å². The number of hydrogen-bond donors (Lipinski definition) is 1. The van der Waals surface area contributed by atoms with Gasteiger partial charge in [0.05, 0.1) is 0 Å². The molecule has 0 bridgehead atoms. The zero-order valence-electron chi connectivity index (χ0n) is 9.07. The van der Waals surface area contributed by atoms with Crippen molar-refractivity contribution in [1.29, 1.82) is 0 Å². The smallest absolute Gasteiger partial charge is 0.141 e. The third kappa shape index (κ3) is 2.45. The lowest BCUT2D eigenvalue weighted by atomic mass is 9.92. The average Bonchev–Trinajstić information content (AvgIpc) is 2.66. The van der Waals surface area contributed by atoms with Gasteiger partial charge in [-0.2, -0.15) is 0 Å². The minimum absolute atomic E-state index is 0.213. The van der Waals surface area contributed by atoms with Crippen molar-refractivity contribution in [3.63, 3.8) is 0 Å². The molecule has 0 amide bonds. The van der Waals surface area contributed by atoms with Crippen LogP contribution in [0.1, 0.15) is 18.9 Å². The van der Waals surface area contributed by atoms with Crippen molar-refractivity contribution in [2.24, 2.45) is 5.92 Å². The maximum atomic E-state index is 12.0. The van der Waals surface area contributed by atoms with Gasteiger partial charge in [0, 0.05) is 18.4 Å². The van der Waals surface area contributed by atoms with E-state index in [9.17, 15) is 4.79 Å². The van der Waals surface area contributed by atoms with Crippen LogP contribution in [-0.4, -0.2) is 18.4 Å². The van der Waals surface area contributed by atoms with Crippen molar-refractivity contribution >= 4 is 5.78 Å². The van der Waals surface area contributed by atoms with Crippen LogP contribution in [0.2, 0.25) is 0 Å². The molecule has 0 spiro atoms. The Morgan fingerprint density at radius 3 is 2.73 bits per heavy atom. The van der Waals surface area contributed by atoms with E-state index in [1.54, 1.807) is 0 Å². The monoisotopic (exact) mass is 203 g/mol. The number of hydrogen-bond acceptors (Lipinski definition) is 2. The third-order valence-corrected chi connectivity index (χ3v) is 3.16. The first-order valence-corrected chi connectivity index (χ1v) is 5.57. The Kier molecular flexibility index (Phi) is 3.17. The number of nitrogens with one attached hydrogen (secondary N) is 1. The molecule has 0 saturated carbocycles. The van der Waals surface area contributed by atoms with Crippen LogP contribution in [-0.2, 0) is 11.2 Å². The van der Waals surface area contributed by atoms with Gasteiger partial charge < -0.3 is 5.32 Å². The van der Waals surface area contributed by atoms with Gasteiger partial charge in [-0.25, -0.2) is 0 Å². The highest BCUT2D eigenvalue weighted by Crippen LogP contribution is 2.18. The average molecular weight is 203 g/mol. The molecule has 2 nitrogen and oxygen atoms in total. The SMILES string of the molecule is CC1NCCC1C(=O)Cc1ccccc1. The molecule has 2 heteroatoms. The second kappa shape index (κ2) is 4.58. The molecule has 1 saturated heterocycles. The molecule has 1 heterocycles. The fourth-order valence-corrected chi connectivity index (χ4v) is 2.23. The third-order valence-electron chi connectivity index (χ3n) is 3.16. The Labute approximate surface area is 90.7 Å². The maximum Gasteiger partial charge on any atom is 0.141 e. The number of benzene rings is 1. The van der Waals surface area contributed by atoms with Crippen molar-refractivity contribution in [2.45, 2.75) is 25.8 Å². The summed E-state index contributed by atoms with van der Waals surface area (Å²) in [5.41, 5.74) is 1.13. The Hall–Kier alpha value is -1.15. The second-order valence-electron chi connectivity index (χ2n) is 4.27. The van der Waals surface area contributed by atoms with Crippen LogP contribution in [0.5, 0.6) is 0 Å². The molecule has 1 aliphatic heterocycles. The molecule has 1 aromatic rings. The van der Waals surface area contributed by atoms with E-state index in [1.807, 2.05) is 30.3 Å². The summed E-state index contributed by atoms with van der Waals surface area (Å²) in [5.74, 6) is 0.587. The van der Waals surface area contributed by atoms with E-state index in [1.165, 1.54) is 0 Å². The van der Waals surface area contributed by atoms with Crippen molar-refractivity contribution < 1.29 is 4.79 Å². The van der Waals surface area contributed by atoms with Crippen LogP contribution in [0.3, 0.4) is 0 Å².